The molecule has 1 aromatic heterocycles. The molecule has 2 saturated heterocycles. The van der Waals surface area contributed by atoms with Gasteiger partial charge in [-0.2, -0.15) is 5.26 Å². The summed E-state index contributed by atoms with van der Waals surface area (Å²) in [7, 11) is 0. The third-order valence-electron chi connectivity index (χ3n) is 6.69. The van der Waals surface area contributed by atoms with Crippen molar-refractivity contribution in [2.75, 3.05) is 29.6 Å². The molecule has 1 unspecified atom stereocenters. The van der Waals surface area contributed by atoms with Crippen LogP contribution >= 0.6 is 11.8 Å². The number of carbonyl (C=O) groups excluding carboxylic acids is 2. The first-order valence-corrected chi connectivity index (χ1v) is 11.5. The van der Waals surface area contributed by atoms with E-state index in [9.17, 15) is 9.59 Å². The molecule has 3 fully saturated rings. The topological polar surface area (TPSA) is 89.3 Å². The number of thioether (sulfide) groups is 1. The predicted octanol–water partition coefficient (Wildman–Crippen LogP) is 2.52. The van der Waals surface area contributed by atoms with Crippen molar-refractivity contribution in [3.05, 3.63) is 36.0 Å². The van der Waals surface area contributed by atoms with Crippen LogP contribution < -0.4 is 10.2 Å². The second kappa shape index (κ2) is 7.47. The van der Waals surface area contributed by atoms with Gasteiger partial charge in [-0.1, -0.05) is 0 Å². The summed E-state index contributed by atoms with van der Waals surface area (Å²) in [6.07, 6.45) is 6.64. The Bertz CT molecular complexity index is 1060. The maximum atomic E-state index is 12.9. The highest BCUT2D eigenvalue weighted by molar-refractivity contribution is 7.99. The van der Waals surface area contributed by atoms with Crippen LogP contribution in [-0.4, -0.2) is 58.0 Å². The van der Waals surface area contributed by atoms with Gasteiger partial charge >= 0.3 is 0 Å². The van der Waals surface area contributed by atoms with Gasteiger partial charge in [0.25, 0.3) is 5.91 Å². The van der Waals surface area contributed by atoms with Gasteiger partial charge in [-0.15, -0.1) is 11.8 Å². The highest BCUT2D eigenvalue weighted by Crippen LogP contribution is 2.49. The van der Waals surface area contributed by atoms with E-state index >= 15 is 0 Å². The van der Waals surface area contributed by atoms with E-state index in [0.717, 1.165) is 23.1 Å². The number of carbonyl (C=O) groups is 2. The van der Waals surface area contributed by atoms with E-state index in [1.54, 1.807) is 24.0 Å². The fourth-order valence-corrected chi connectivity index (χ4v) is 5.80. The fourth-order valence-electron chi connectivity index (χ4n) is 4.70. The molecule has 1 aliphatic carbocycles. The Hall–Kier alpha value is -2.79. The smallest absolute Gasteiger partial charge is 0.252 e. The van der Waals surface area contributed by atoms with E-state index in [-0.39, 0.29) is 18.4 Å². The number of pyridine rings is 1. The van der Waals surface area contributed by atoms with Crippen LogP contribution in [0, 0.1) is 11.3 Å². The van der Waals surface area contributed by atoms with Gasteiger partial charge in [-0.3, -0.25) is 14.6 Å². The summed E-state index contributed by atoms with van der Waals surface area (Å²) < 4.78 is 0. The number of amides is 2. The van der Waals surface area contributed by atoms with Crippen molar-refractivity contribution in [2.24, 2.45) is 0 Å². The summed E-state index contributed by atoms with van der Waals surface area (Å²) in [6.45, 7) is 0.937. The first-order chi connectivity index (χ1) is 14.6. The number of nitrogens with zero attached hydrogens (tertiary/aromatic N) is 4. The summed E-state index contributed by atoms with van der Waals surface area (Å²) in [5, 5.41) is 12.7. The second-order valence-electron chi connectivity index (χ2n) is 8.23. The van der Waals surface area contributed by atoms with Crippen molar-refractivity contribution in [3.63, 3.8) is 0 Å². The zero-order valence-electron chi connectivity index (χ0n) is 16.6. The van der Waals surface area contributed by atoms with Crippen LogP contribution in [0.3, 0.4) is 0 Å². The van der Waals surface area contributed by atoms with Crippen molar-refractivity contribution in [1.82, 2.24) is 15.2 Å². The SMILES string of the molecule is N#CC1CSCN1C(=O)CNC(=O)c1ccnc2ccc(N3CCC34CCC4)cc12. The van der Waals surface area contributed by atoms with E-state index in [4.69, 9.17) is 5.26 Å². The summed E-state index contributed by atoms with van der Waals surface area (Å²) in [6, 6.07) is 9.54. The Labute approximate surface area is 179 Å². The quantitative estimate of drug-likeness (QED) is 0.816. The minimum absolute atomic E-state index is 0.115. The van der Waals surface area contributed by atoms with Crippen molar-refractivity contribution in [3.8, 4) is 6.07 Å². The maximum absolute atomic E-state index is 12.9. The molecular weight excluding hydrogens is 398 g/mol. The minimum atomic E-state index is -0.418. The Morgan fingerprint density at radius 3 is 2.87 bits per heavy atom. The molecule has 0 bridgehead atoms. The molecule has 8 heteroatoms. The summed E-state index contributed by atoms with van der Waals surface area (Å²) in [5.41, 5.74) is 2.75. The first-order valence-electron chi connectivity index (χ1n) is 10.3. The molecular formula is C22H23N5O2S. The van der Waals surface area contributed by atoms with Gasteiger partial charge in [0.15, 0.2) is 0 Å². The lowest BCUT2D eigenvalue weighted by Gasteiger charge is -2.60. The summed E-state index contributed by atoms with van der Waals surface area (Å²) in [5.74, 6) is 0.583. The van der Waals surface area contributed by atoms with E-state index in [1.807, 2.05) is 6.07 Å². The van der Waals surface area contributed by atoms with Crippen molar-refractivity contribution in [1.29, 1.82) is 5.26 Å². The monoisotopic (exact) mass is 421 g/mol. The summed E-state index contributed by atoms with van der Waals surface area (Å²) in [4.78, 5) is 33.7. The molecule has 1 N–H and O–H groups in total. The lowest BCUT2D eigenvalue weighted by Crippen LogP contribution is -2.64. The number of rotatable bonds is 4. The van der Waals surface area contributed by atoms with Crippen LogP contribution in [0.1, 0.15) is 36.0 Å². The number of benzene rings is 1. The number of hydrogen-bond acceptors (Lipinski definition) is 6. The molecule has 154 valence electrons. The highest BCUT2D eigenvalue weighted by atomic mass is 32.2. The molecule has 5 rings (SSSR count). The molecule has 1 aromatic carbocycles. The van der Waals surface area contributed by atoms with Crippen LogP contribution in [0.5, 0.6) is 0 Å². The van der Waals surface area contributed by atoms with Gasteiger partial charge in [0, 0.05) is 35.1 Å². The van der Waals surface area contributed by atoms with Crippen LogP contribution in [0.15, 0.2) is 30.5 Å². The van der Waals surface area contributed by atoms with Crippen molar-refractivity contribution in [2.45, 2.75) is 37.3 Å². The highest BCUT2D eigenvalue weighted by Gasteiger charge is 2.49. The average molecular weight is 422 g/mol. The molecule has 2 amide bonds. The third-order valence-corrected chi connectivity index (χ3v) is 7.70. The van der Waals surface area contributed by atoms with Gasteiger partial charge in [0.2, 0.25) is 5.91 Å². The number of hydrogen-bond donors (Lipinski definition) is 1. The molecule has 1 saturated carbocycles. The maximum Gasteiger partial charge on any atom is 0.252 e. The number of nitriles is 1. The Kier molecular flexibility index (Phi) is 4.78. The number of anilines is 1. The van der Waals surface area contributed by atoms with Crippen LogP contribution in [0.25, 0.3) is 10.9 Å². The lowest BCUT2D eigenvalue weighted by atomic mass is 9.67. The second-order valence-corrected chi connectivity index (χ2v) is 9.23. The van der Waals surface area contributed by atoms with Gasteiger partial charge in [-0.05, 0) is 49.9 Å². The Morgan fingerprint density at radius 1 is 1.30 bits per heavy atom. The molecule has 1 spiro atoms. The van der Waals surface area contributed by atoms with E-state index < -0.39 is 6.04 Å². The number of nitrogens with one attached hydrogen (secondary N) is 1. The third kappa shape index (κ3) is 3.08. The van der Waals surface area contributed by atoms with E-state index in [0.29, 0.717) is 22.7 Å². The number of fused-ring (bicyclic) bond motifs is 1. The molecule has 30 heavy (non-hydrogen) atoms. The van der Waals surface area contributed by atoms with Crippen molar-refractivity contribution >= 4 is 40.2 Å². The molecule has 2 aromatic rings. The normalized spacial score (nSPS) is 21.8. The fraction of sp³-hybridized carbons (Fsp3) is 0.455. The molecule has 7 nitrogen and oxygen atoms in total. The molecule has 2 aliphatic heterocycles. The van der Waals surface area contributed by atoms with Gasteiger partial charge in [-0.25, -0.2) is 0 Å². The molecule has 3 heterocycles. The van der Waals surface area contributed by atoms with E-state index in [2.05, 4.69) is 33.4 Å². The van der Waals surface area contributed by atoms with Crippen molar-refractivity contribution < 1.29 is 9.59 Å². The van der Waals surface area contributed by atoms with Gasteiger partial charge < -0.3 is 15.1 Å². The zero-order chi connectivity index (χ0) is 20.7. The molecule has 1 atom stereocenters. The van der Waals surface area contributed by atoms with Gasteiger partial charge in [0.1, 0.15) is 6.04 Å². The summed E-state index contributed by atoms with van der Waals surface area (Å²) >= 11 is 1.55. The molecule has 3 aliphatic rings. The predicted molar refractivity (Wildman–Crippen MR) is 116 cm³/mol. The van der Waals surface area contributed by atoms with Crippen LogP contribution in [0.2, 0.25) is 0 Å². The Balaban J connectivity index is 1.34. The Morgan fingerprint density at radius 2 is 2.17 bits per heavy atom. The van der Waals surface area contributed by atoms with E-state index in [1.165, 1.54) is 30.6 Å². The van der Waals surface area contributed by atoms with Crippen LogP contribution in [-0.2, 0) is 4.79 Å². The standard InChI is InChI=1S/C22H23N5O2S/c23-11-16-13-30-14-26(16)20(28)12-25-21(29)17-4-8-24-19-3-2-15(10-18(17)19)27-9-7-22(27)5-1-6-22/h2-4,8,10,16H,1,5-7,9,12-14H2,(H,25,29). The first kappa shape index (κ1) is 19.2. The van der Waals surface area contributed by atoms with Gasteiger partial charge in [0.05, 0.1) is 29.6 Å². The minimum Gasteiger partial charge on any atom is -0.366 e. The van der Waals surface area contributed by atoms with Crippen LogP contribution in [0.4, 0.5) is 5.69 Å². The zero-order valence-corrected chi connectivity index (χ0v) is 17.5. The largest absolute Gasteiger partial charge is 0.366 e. The number of aromatic nitrogens is 1. The lowest BCUT2D eigenvalue weighted by molar-refractivity contribution is -0.129. The average Bonchev–Trinajstić information content (AvgIpc) is 3.18. The molecule has 0 radical (unpaired) electrons.